The lowest BCUT2D eigenvalue weighted by atomic mass is 10.1. The molecule has 3 nitrogen and oxygen atoms in total. The predicted octanol–water partition coefficient (Wildman–Crippen LogP) is 3.75. The van der Waals surface area contributed by atoms with E-state index in [4.69, 9.17) is 0 Å². The summed E-state index contributed by atoms with van der Waals surface area (Å²) in [6, 6.07) is 5.64. The van der Waals surface area contributed by atoms with Crippen LogP contribution in [0.4, 0.5) is 0 Å². The molecule has 1 atom stereocenters. The first kappa shape index (κ1) is 13.6. The molecule has 0 radical (unpaired) electrons. The van der Waals surface area contributed by atoms with Crippen LogP contribution < -0.4 is 5.32 Å². The Morgan fingerprint density at radius 1 is 1.25 bits per heavy atom. The van der Waals surface area contributed by atoms with Gasteiger partial charge in [-0.05, 0) is 56.9 Å². The third kappa shape index (κ3) is 2.59. The maximum atomic E-state index is 4.56. The van der Waals surface area contributed by atoms with Crippen molar-refractivity contribution in [3.63, 3.8) is 0 Å². The van der Waals surface area contributed by atoms with Gasteiger partial charge in [-0.2, -0.15) is 0 Å². The second-order valence-electron chi connectivity index (χ2n) is 6.32. The summed E-state index contributed by atoms with van der Waals surface area (Å²) in [5.74, 6) is 0. The molecule has 1 N–H and O–H groups in total. The largest absolute Gasteiger partial charge is 0.326 e. The van der Waals surface area contributed by atoms with Crippen LogP contribution in [0, 0.1) is 13.8 Å². The predicted molar refractivity (Wildman–Crippen MR) is 84.2 cm³/mol. The SMILES string of the molecule is Cc1cc2ncn(C(C)CNC3CCCC3)c2cc1C. The van der Waals surface area contributed by atoms with Crippen LogP contribution >= 0.6 is 0 Å². The van der Waals surface area contributed by atoms with Gasteiger partial charge in [-0.1, -0.05) is 12.8 Å². The Kier molecular flexibility index (Phi) is 3.79. The Morgan fingerprint density at radius 2 is 1.95 bits per heavy atom. The number of hydrogen-bond donors (Lipinski definition) is 1. The number of aryl methyl sites for hydroxylation is 2. The highest BCUT2D eigenvalue weighted by atomic mass is 15.1. The molecule has 1 fully saturated rings. The van der Waals surface area contributed by atoms with Gasteiger partial charge < -0.3 is 9.88 Å². The third-order valence-corrected chi connectivity index (χ3v) is 4.72. The van der Waals surface area contributed by atoms with Crippen LogP contribution in [0.5, 0.6) is 0 Å². The molecule has 3 rings (SSSR count). The Hall–Kier alpha value is -1.35. The summed E-state index contributed by atoms with van der Waals surface area (Å²) in [5.41, 5.74) is 5.03. The van der Waals surface area contributed by atoms with Crippen LogP contribution in [0.15, 0.2) is 18.5 Å². The van der Waals surface area contributed by atoms with Crippen molar-refractivity contribution < 1.29 is 0 Å². The minimum absolute atomic E-state index is 0.447. The second-order valence-corrected chi connectivity index (χ2v) is 6.32. The number of fused-ring (bicyclic) bond motifs is 1. The number of aromatic nitrogens is 2. The number of benzene rings is 1. The molecule has 2 aromatic rings. The van der Waals surface area contributed by atoms with E-state index in [-0.39, 0.29) is 0 Å². The highest BCUT2D eigenvalue weighted by Crippen LogP contribution is 2.22. The molecule has 0 spiro atoms. The summed E-state index contributed by atoms with van der Waals surface area (Å²) < 4.78 is 2.31. The lowest BCUT2D eigenvalue weighted by molar-refractivity contribution is 0.445. The van der Waals surface area contributed by atoms with Crippen LogP contribution in [-0.4, -0.2) is 22.1 Å². The Morgan fingerprint density at radius 3 is 2.70 bits per heavy atom. The van der Waals surface area contributed by atoms with Crippen molar-refractivity contribution in [2.45, 2.75) is 58.5 Å². The van der Waals surface area contributed by atoms with Crippen LogP contribution in [0.25, 0.3) is 11.0 Å². The maximum absolute atomic E-state index is 4.56. The Bertz CT molecular complexity index is 594. The van der Waals surface area contributed by atoms with Crippen molar-refractivity contribution in [3.05, 3.63) is 29.6 Å². The van der Waals surface area contributed by atoms with Gasteiger partial charge in [0.25, 0.3) is 0 Å². The molecule has 1 saturated carbocycles. The number of imidazole rings is 1. The molecule has 1 aromatic carbocycles. The smallest absolute Gasteiger partial charge is 0.0961 e. The van der Waals surface area contributed by atoms with Gasteiger partial charge in [-0.3, -0.25) is 0 Å². The lowest BCUT2D eigenvalue weighted by Gasteiger charge is -2.19. The van der Waals surface area contributed by atoms with Gasteiger partial charge in [0.2, 0.25) is 0 Å². The number of rotatable bonds is 4. The Balaban J connectivity index is 1.76. The first-order valence-electron chi connectivity index (χ1n) is 7.82. The van der Waals surface area contributed by atoms with Crippen molar-refractivity contribution >= 4 is 11.0 Å². The summed E-state index contributed by atoms with van der Waals surface area (Å²) in [6.45, 7) is 7.63. The quantitative estimate of drug-likeness (QED) is 0.918. The van der Waals surface area contributed by atoms with Crippen molar-refractivity contribution in [2.75, 3.05) is 6.54 Å². The van der Waals surface area contributed by atoms with Gasteiger partial charge in [-0.25, -0.2) is 4.98 Å². The lowest BCUT2D eigenvalue weighted by Crippen LogP contribution is -2.31. The minimum atomic E-state index is 0.447. The molecule has 1 unspecified atom stereocenters. The van der Waals surface area contributed by atoms with E-state index in [9.17, 15) is 0 Å². The highest BCUT2D eigenvalue weighted by Gasteiger charge is 2.16. The van der Waals surface area contributed by atoms with Gasteiger partial charge in [0.15, 0.2) is 0 Å². The molecule has 0 bridgehead atoms. The summed E-state index contributed by atoms with van der Waals surface area (Å²) in [7, 11) is 0. The molecular formula is C17H25N3. The van der Waals surface area contributed by atoms with Crippen LogP contribution in [0.1, 0.15) is 49.8 Å². The second kappa shape index (κ2) is 5.57. The fraction of sp³-hybridized carbons (Fsp3) is 0.588. The summed E-state index contributed by atoms with van der Waals surface area (Å²) in [5, 5.41) is 3.71. The van der Waals surface area contributed by atoms with E-state index in [0.29, 0.717) is 6.04 Å². The number of nitrogens with one attached hydrogen (secondary N) is 1. The average molecular weight is 271 g/mol. The van der Waals surface area contributed by atoms with E-state index in [1.807, 2.05) is 6.33 Å². The summed E-state index contributed by atoms with van der Waals surface area (Å²) in [6.07, 6.45) is 7.45. The van der Waals surface area contributed by atoms with Crippen LogP contribution in [0.2, 0.25) is 0 Å². The number of nitrogens with zero attached hydrogens (tertiary/aromatic N) is 2. The maximum Gasteiger partial charge on any atom is 0.0961 e. The zero-order chi connectivity index (χ0) is 14.1. The monoisotopic (exact) mass is 271 g/mol. The zero-order valence-electron chi connectivity index (χ0n) is 12.8. The van der Waals surface area contributed by atoms with E-state index in [2.05, 4.69) is 47.8 Å². The van der Waals surface area contributed by atoms with E-state index >= 15 is 0 Å². The van der Waals surface area contributed by atoms with Gasteiger partial charge in [0.05, 0.1) is 17.4 Å². The van der Waals surface area contributed by atoms with Gasteiger partial charge in [0, 0.05) is 18.6 Å². The molecule has 1 aromatic heterocycles. The van der Waals surface area contributed by atoms with E-state index < -0.39 is 0 Å². The van der Waals surface area contributed by atoms with E-state index in [1.165, 1.54) is 42.3 Å². The fourth-order valence-corrected chi connectivity index (χ4v) is 3.20. The van der Waals surface area contributed by atoms with Crippen molar-refractivity contribution in [3.8, 4) is 0 Å². The van der Waals surface area contributed by atoms with E-state index in [1.54, 1.807) is 0 Å². The van der Waals surface area contributed by atoms with Crippen molar-refractivity contribution in [1.29, 1.82) is 0 Å². The minimum Gasteiger partial charge on any atom is -0.326 e. The number of hydrogen-bond acceptors (Lipinski definition) is 2. The molecule has 0 saturated heterocycles. The van der Waals surface area contributed by atoms with Crippen molar-refractivity contribution in [1.82, 2.24) is 14.9 Å². The zero-order valence-corrected chi connectivity index (χ0v) is 12.8. The fourth-order valence-electron chi connectivity index (χ4n) is 3.20. The normalized spacial score (nSPS) is 17.9. The molecule has 0 amide bonds. The van der Waals surface area contributed by atoms with Gasteiger partial charge >= 0.3 is 0 Å². The van der Waals surface area contributed by atoms with E-state index in [0.717, 1.165) is 18.1 Å². The first-order valence-corrected chi connectivity index (χ1v) is 7.82. The van der Waals surface area contributed by atoms with Crippen LogP contribution in [-0.2, 0) is 0 Å². The summed E-state index contributed by atoms with van der Waals surface area (Å²) in [4.78, 5) is 4.56. The topological polar surface area (TPSA) is 29.9 Å². The Labute approximate surface area is 121 Å². The molecule has 0 aliphatic heterocycles. The molecule has 3 heteroatoms. The summed E-state index contributed by atoms with van der Waals surface area (Å²) >= 11 is 0. The van der Waals surface area contributed by atoms with Crippen molar-refractivity contribution in [2.24, 2.45) is 0 Å². The molecule has 1 aliphatic rings. The van der Waals surface area contributed by atoms with Crippen LogP contribution in [0.3, 0.4) is 0 Å². The third-order valence-electron chi connectivity index (χ3n) is 4.72. The van der Waals surface area contributed by atoms with Gasteiger partial charge in [0.1, 0.15) is 0 Å². The van der Waals surface area contributed by atoms with Gasteiger partial charge in [-0.15, -0.1) is 0 Å². The molecular weight excluding hydrogens is 246 g/mol. The standard InChI is InChI=1S/C17H25N3/c1-12-8-16-17(9-13(12)2)20(11-19-16)14(3)10-18-15-6-4-5-7-15/h8-9,11,14-15,18H,4-7,10H2,1-3H3. The average Bonchev–Trinajstić information content (AvgIpc) is 3.06. The molecule has 108 valence electrons. The molecule has 1 heterocycles. The molecule has 20 heavy (non-hydrogen) atoms. The first-order chi connectivity index (χ1) is 9.65. The highest BCUT2D eigenvalue weighted by molar-refractivity contribution is 5.77. The molecule has 1 aliphatic carbocycles.